The molecule has 0 radical (unpaired) electrons. The third kappa shape index (κ3) is 2.96. The fourth-order valence-corrected chi connectivity index (χ4v) is 6.42. The summed E-state index contributed by atoms with van der Waals surface area (Å²) in [5.74, 6) is -0.0859. The van der Waals surface area contributed by atoms with Crippen molar-refractivity contribution in [2.24, 2.45) is 0 Å². The highest BCUT2D eigenvalue weighted by Crippen LogP contribution is 2.57. The van der Waals surface area contributed by atoms with Crippen molar-refractivity contribution in [3.05, 3.63) is 59.1 Å². The molecule has 0 aromatic heterocycles. The number of fused-ring (bicyclic) bond motifs is 2. The topological polar surface area (TPSA) is 43.9 Å². The van der Waals surface area contributed by atoms with E-state index >= 15 is 0 Å². The fourth-order valence-electron chi connectivity index (χ4n) is 4.77. The molecule has 2 fully saturated rings. The van der Waals surface area contributed by atoms with Gasteiger partial charge < -0.3 is 0 Å². The smallest absolute Gasteiger partial charge is 0.269 e. The van der Waals surface area contributed by atoms with E-state index in [-0.39, 0.29) is 17.1 Å². The van der Waals surface area contributed by atoms with Gasteiger partial charge in [-0.05, 0) is 63.2 Å². The van der Waals surface area contributed by atoms with Crippen molar-refractivity contribution in [1.29, 1.82) is 0 Å². The molecule has 2 aromatic carbocycles. The van der Waals surface area contributed by atoms with Gasteiger partial charge in [0.1, 0.15) is 0 Å². The van der Waals surface area contributed by atoms with Gasteiger partial charge in [-0.25, -0.2) is 0 Å². The molecule has 2 saturated heterocycles. The SMILES string of the molecule is C[C@@H]1S[C@]2(C(=O)N(CN3CCCCC3)c3ccccc32)N(c2ccc(Cl)cc2)C1=O. The predicted molar refractivity (Wildman–Crippen MR) is 122 cm³/mol. The lowest BCUT2D eigenvalue weighted by Gasteiger charge is -2.35. The highest BCUT2D eigenvalue weighted by atomic mass is 35.5. The number of benzene rings is 2. The number of para-hydroxylation sites is 1. The summed E-state index contributed by atoms with van der Waals surface area (Å²) in [4.78, 5) is 32.2. The summed E-state index contributed by atoms with van der Waals surface area (Å²) in [7, 11) is 0. The molecule has 0 bridgehead atoms. The summed E-state index contributed by atoms with van der Waals surface area (Å²) >= 11 is 7.53. The van der Waals surface area contributed by atoms with Crippen LogP contribution in [0, 0.1) is 0 Å². The molecule has 156 valence electrons. The molecule has 2 amide bonds. The Hall–Kier alpha value is -2.02. The molecule has 5 rings (SSSR count). The second kappa shape index (κ2) is 7.59. The van der Waals surface area contributed by atoms with Gasteiger partial charge in [-0.15, -0.1) is 11.8 Å². The molecule has 3 aliphatic rings. The van der Waals surface area contributed by atoms with E-state index in [0.717, 1.165) is 37.2 Å². The van der Waals surface area contributed by atoms with Crippen molar-refractivity contribution in [1.82, 2.24) is 4.90 Å². The van der Waals surface area contributed by atoms with Gasteiger partial charge in [0, 0.05) is 16.3 Å². The normalized spacial score (nSPS) is 26.7. The number of amides is 2. The van der Waals surface area contributed by atoms with Gasteiger partial charge in [-0.3, -0.25) is 24.3 Å². The monoisotopic (exact) mass is 441 g/mol. The van der Waals surface area contributed by atoms with E-state index in [1.807, 2.05) is 48.2 Å². The molecule has 0 unspecified atom stereocenters. The second-order valence-electron chi connectivity index (χ2n) is 8.12. The summed E-state index contributed by atoms with van der Waals surface area (Å²) in [5.41, 5.74) is 2.50. The number of anilines is 2. The highest BCUT2D eigenvalue weighted by molar-refractivity contribution is 8.03. The van der Waals surface area contributed by atoms with Crippen molar-refractivity contribution in [2.45, 2.75) is 36.3 Å². The quantitative estimate of drug-likeness (QED) is 0.705. The summed E-state index contributed by atoms with van der Waals surface area (Å²) in [5, 5.41) is 0.289. The van der Waals surface area contributed by atoms with E-state index in [0.29, 0.717) is 17.4 Å². The number of likely N-dealkylation sites (tertiary alicyclic amines) is 1. The van der Waals surface area contributed by atoms with Crippen LogP contribution in [0.3, 0.4) is 0 Å². The van der Waals surface area contributed by atoms with Gasteiger partial charge in [-0.2, -0.15) is 0 Å². The maximum Gasteiger partial charge on any atom is 0.269 e. The summed E-state index contributed by atoms with van der Waals surface area (Å²) in [6.07, 6.45) is 3.57. The number of carbonyl (C=O) groups excluding carboxylic acids is 2. The Morgan fingerprint density at radius 1 is 1.03 bits per heavy atom. The van der Waals surface area contributed by atoms with Crippen LogP contribution in [-0.4, -0.2) is 41.7 Å². The Labute approximate surface area is 186 Å². The van der Waals surface area contributed by atoms with Crippen LogP contribution in [0.2, 0.25) is 5.02 Å². The first kappa shape index (κ1) is 19.9. The Kier molecular flexibility index (Phi) is 5.04. The van der Waals surface area contributed by atoms with Crippen LogP contribution in [0.1, 0.15) is 31.7 Å². The zero-order chi connectivity index (χ0) is 20.9. The summed E-state index contributed by atoms with van der Waals surface area (Å²) in [6, 6.07) is 15.1. The zero-order valence-electron chi connectivity index (χ0n) is 16.9. The Bertz CT molecular complexity index is 992. The number of rotatable bonds is 3. The fraction of sp³-hybridized carbons (Fsp3) is 0.391. The molecule has 7 heteroatoms. The molecule has 2 aromatic rings. The molecule has 0 N–H and O–H groups in total. The second-order valence-corrected chi connectivity index (χ2v) is 10.1. The van der Waals surface area contributed by atoms with Crippen molar-refractivity contribution in [3.8, 4) is 0 Å². The van der Waals surface area contributed by atoms with Crippen LogP contribution >= 0.6 is 23.4 Å². The van der Waals surface area contributed by atoms with Gasteiger partial charge in [0.25, 0.3) is 5.91 Å². The number of piperidine rings is 1. The zero-order valence-corrected chi connectivity index (χ0v) is 18.5. The van der Waals surface area contributed by atoms with E-state index in [1.165, 1.54) is 18.2 Å². The lowest BCUT2D eigenvalue weighted by molar-refractivity contribution is -0.124. The molecule has 1 spiro atoms. The number of thioether (sulfide) groups is 1. The summed E-state index contributed by atoms with van der Waals surface area (Å²) < 4.78 is 0. The van der Waals surface area contributed by atoms with Crippen LogP contribution in [-0.2, 0) is 14.5 Å². The predicted octanol–water partition coefficient (Wildman–Crippen LogP) is 4.45. The van der Waals surface area contributed by atoms with E-state index in [2.05, 4.69) is 4.90 Å². The van der Waals surface area contributed by atoms with Gasteiger partial charge in [0.05, 0.1) is 17.6 Å². The van der Waals surface area contributed by atoms with Gasteiger partial charge in [0.2, 0.25) is 10.8 Å². The first-order valence-electron chi connectivity index (χ1n) is 10.4. The molecule has 3 heterocycles. The van der Waals surface area contributed by atoms with Crippen molar-refractivity contribution < 1.29 is 9.59 Å². The maximum absolute atomic E-state index is 14.1. The van der Waals surface area contributed by atoms with E-state index in [1.54, 1.807) is 17.0 Å². The largest absolute Gasteiger partial charge is 0.295 e. The van der Waals surface area contributed by atoms with Gasteiger partial charge in [-0.1, -0.05) is 36.2 Å². The van der Waals surface area contributed by atoms with E-state index in [4.69, 9.17) is 11.6 Å². The molecular formula is C23H24ClN3O2S. The van der Waals surface area contributed by atoms with E-state index in [9.17, 15) is 9.59 Å². The average molecular weight is 442 g/mol. The Morgan fingerprint density at radius 3 is 2.47 bits per heavy atom. The third-order valence-electron chi connectivity index (χ3n) is 6.20. The van der Waals surface area contributed by atoms with Gasteiger partial charge >= 0.3 is 0 Å². The standard InChI is InChI=1S/C23H24ClN3O2S/c1-16-21(28)27(18-11-9-17(24)10-12-18)23(30-16)19-7-3-4-8-20(19)26(22(23)29)15-25-13-5-2-6-14-25/h3-4,7-12,16H,2,5-6,13-15H2,1H3/t16-,23+/m0/s1. The molecule has 3 aliphatic heterocycles. The number of hydrogen-bond donors (Lipinski definition) is 0. The number of carbonyl (C=O) groups is 2. The van der Waals surface area contributed by atoms with Crippen LogP contribution in [0.15, 0.2) is 48.5 Å². The lowest BCUT2D eigenvalue weighted by Crippen LogP contribution is -2.52. The molecule has 0 aliphatic carbocycles. The van der Waals surface area contributed by atoms with Crippen LogP contribution in [0.4, 0.5) is 11.4 Å². The van der Waals surface area contributed by atoms with Crippen LogP contribution in [0.25, 0.3) is 0 Å². The van der Waals surface area contributed by atoms with Crippen molar-refractivity contribution in [2.75, 3.05) is 29.6 Å². The number of hydrogen-bond acceptors (Lipinski definition) is 4. The Balaban J connectivity index is 1.61. The maximum atomic E-state index is 14.1. The molecule has 2 atom stereocenters. The van der Waals surface area contributed by atoms with Crippen LogP contribution < -0.4 is 9.80 Å². The lowest BCUT2D eigenvalue weighted by atomic mass is 10.0. The van der Waals surface area contributed by atoms with Gasteiger partial charge in [0.15, 0.2) is 0 Å². The minimum atomic E-state index is -1.07. The number of nitrogens with zero attached hydrogens (tertiary/aromatic N) is 3. The Morgan fingerprint density at radius 2 is 1.73 bits per heavy atom. The molecule has 5 nitrogen and oxygen atoms in total. The van der Waals surface area contributed by atoms with E-state index < -0.39 is 4.87 Å². The van der Waals surface area contributed by atoms with Crippen molar-refractivity contribution in [3.63, 3.8) is 0 Å². The average Bonchev–Trinajstić information content (AvgIpc) is 3.16. The first-order chi connectivity index (χ1) is 14.5. The minimum Gasteiger partial charge on any atom is -0.295 e. The highest BCUT2D eigenvalue weighted by Gasteiger charge is 2.63. The molecule has 30 heavy (non-hydrogen) atoms. The first-order valence-corrected chi connectivity index (χ1v) is 11.7. The number of halogens is 1. The molecule has 0 saturated carbocycles. The minimum absolute atomic E-state index is 0.0353. The van der Waals surface area contributed by atoms with Crippen LogP contribution in [0.5, 0.6) is 0 Å². The summed E-state index contributed by atoms with van der Waals surface area (Å²) in [6.45, 7) is 4.45. The third-order valence-corrected chi connectivity index (χ3v) is 7.93. The molecular weight excluding hydrogens is 418 g/mol. The van der Waals surface area contributed by atoms with Crippen molar-refractivity contribution >= 4 is 46.6 Å².